The fourth-order valence-corrected chi connectivity index (χ4v) is 2.40. The van der Waals surface area contributed by atoms with E-state index in [4.69, 9.17) is 21.5 Å². The lowest BCUT2D eigenvalue weighted by atomic mass is 10.2. The minimum absolute atomic E-state index is 0.134. The number of nitro groups is 1. The summed E-state index contributed by atoms with van der Waals surface area (Å²) in [5.74, 6) is 0.0954. The van der Waals surface area contributed by atoms with Crippen LogP contribution in [0, 0.1) is 17.0 Å². The molecule has 0 aliphatic rings. The van der Waals surface area contributed by atoms with Gasteiger partial charge < -0.3 is 4.74 Å². The molecule has 2 N–H and O–H groups in total. The van der Waals surface area contributed by atoms with E-state index < -0.39 is 20.6 Å². The Morgan fingerprint density at radius 1 is 1.18 bits per heavy atom. The number of halogens is 1. The molecule has 0 heterocycles. The summed E-state index contributed by atoms with van der Waals surface area (Å²) in [4.78, 5) is 9.97. The fraction of sp³-hybridized carbons (Fsp3) is 0.0769. The van der Waals surface area contributed by atoms with E-state index in [2.05, 4.69) is 0 Å². The Morgan fingerprint density at radius 2 is 1.86 bits per heavy atom. The van der Waals surface area contributed by atoms with E-state index in [0.717, 1.165) is 23.8 Å². The Bertz CT molecular complexity index is 852. The molecule has 2 aromatic carbocycles. The first-order chi connectivity index (χ1) is 10.2. The second-order valence-electron chi connectivity index (χ2n) is 4.47. The van der Waals surface area contributed by atoms with Crippen molar-refractivity contribution in [1.82, 2.24) is 0 Å². The summed E-state index contributed by atoms with van der Waals surface area (Å²) in [7, 11) is -4.05. The average Bonchev–Trinajstić information content (AvgIpc) is 2.42. The third kappa shape index (κ3) is 3.53. The fourth-order valence-electron chi connectivity index (χ4n) is 1.71. The number of hydrogen-bond acceptors (Lipinski definition) is 5. The van der Waals surface area contributed by atoms with Crippen molar-refractivity contribution in [2.75, 3.05) is 0 Å². The van der Waals surface area contributed by atoms with Crippen molar-refractivity contribution >= 4 is 27.3 Å². The Labute approximate surface area is 131 Å². The summed E-state index contributed by atoms with van der Waals surface area (Å²) < 4.78 is 28.0. The predicted octanol–water partition coefficient (Wildman–Crippen LogP) is 3.00. The Morgan fingerprint density at radius 3 is 2.45 bits per heavy atom. The summed E-state index contributed by atoms with van der Waals surface area (Å²) in [6.45, 7) is 1.81. The Kier molecular flexibility index (Phi) is 4.36. The molecule has 0 bridgehead atoms. The number of primary sulfonamides is 1. The highest BCUT2D eigenvalue weighted by Crippen LogP contribution is 2.36. The highest BCUT2D eigenvalue weighted by molar-refractivity contribution is 7.89. The van der Waals surface area contributed by atoms with E-state index in [1.165, 1.54) is 0 Å². The van der Waals surface area contributed by atoms with Crippen LogP contribution in [0.2, 0.25) is 5.02 Å². The first-order valence-corrected chi connectivity index (χ1v) is 7.86. The molecule has 0 fully saturated rings. The predicted molar refractivity (Wildman–Crippen MR) is 80.7 cm³/mol. The monoisotopic (exact) mass is 342 g/mol. The molecule has 0 aliphatic carbocycles. The van der Waals surface area contributed by atoms with Crippen molar-refractivity contribution < 1.29 is 18.1 Å². The maximum absolute atomic E-state index is 11.3. The Hall–Kier alpha value is -2.16. The molecule has 9 heteroatoms. The van der Waals surface area contributed by atoms with Gasteiger partial charge in [0.05, 0.1) is 14.8 Å². The van der Waals surface area contributed by atoms with Crippen molar-refractivity contribution in [3.05, 3.63) is 57.1 Å². The van der Waals surface area contributed by atoms with Crippen LogP contribution < -0.4 is 9.88 Å². The number of ether oxygens (including phenoxy) is 1. The van der Waals surface area contributed by atoms with E-state index in [9.17, 15) is 18.5 Å². The van der Waals surface area contributed by atoms with Gasteiger partial charge in [0.25, 0.3) is 0 Å². The van der Waals surface area contributed by atoms with E-state index in [1.54, 1.807) is 18.2 Å². The summed E-state index contributed by atoms with van der Waals surface area (Å²) in [5.41, 5.74) is 0.326. The van der Waals surface area contributed by atoms with Gasteiger partial charge in [-0.05, 0) is 36.8 Å². The molecule has 7 nitrogen and oxygen atoms in total. The van der Waals surface area contributed by atoms with Gasteiger partial charge in [0, 0.05) is 6.07 Å². The second-order valence-corrected chi connectivity index (χ2v) is 6.44. The quantitative estimate of drug-likeness (QED) is 0.677. The highest BCUT2D eigenvalue weighted by Gasteiger charge is 2.21. The van der Waals surface area contributed by atoms with Crippen molar-refractivity contribution in [3.63, 3.8) is 0 Å². The largest absolute Gasteiger partial charge is 0.449 e. The molecular weight excluding hydrogens is 332 g/mol. The van der Waals surface area contributed by atoms with Gasteiger partial charge in [0.1, 0.15) is 5.75 Å². The lowest BCUT2D eigenvalue weighted by Crippen LogP contribution is -2.12. The van der Waals surface area contributed by atoms with Crippen LogP contribution in [0.15, 0.2) is 41.3 Å². The van der Waals surface area contributed by atoms with Gasteiger partial charge in [-0.3, -0.25) is 10.1 Å². The van der Waals surface area contributed by atoms with Crippen LogP contribution in [0.5, 0.6) is 11.5 Å². The van der Waals surface area contributed by atoms with E-state index >= 15 is 0 Å². The van der Waals surface area contributed by atoms with Gasteiger partial charge in [0.2, 0.25) is 15.8 Å². The second kappa shape index (κ2) is 5.91. The van der Waals surface area contributed by atoms with Gasteiger partial charge >= 0.3 is 5.69 Å². The minimum Gasteiger partial charge on any atom is -0.449 e. The van der Waals surface area contributed by atoms with Crippen LogP contribution in [-0.2, 0) is 10.0 Å². The number of nitro benzene ring substituents is 1. The molecule has 0 unspecified atom stereocenters. The third-order valence-electron chi connectivity index (χ3n) is 2.76. The lowest BCUT2D eigenvalue weighted by molar-refractivity contribution is -0.385. The average molecular weight is 343 g/mol. The van der Waals surface area contributed by atoms with Gasteiger partial charge in [-0.25, -0.2) is 13.6 Å². The van der Waals surface area contributed by atoms with Crippen molar-refractivity contribution in [2.24, 2.45) is 5.14 Å². The molecule has 0 amide bonds. The van der Waals surface area contributed by atoms with Crippen molar-refractivity contribution in [3.8, 4) is 11.5 Å². The van der Waals surface area contributed by atoms with Crippen molar-refractivity contribution in [2.45, 2.75) is 11.8 Å². The lowest BCUT2D eigenvalue weighted by Gasteiger charge is -2.09. The SMILES string of the molecule is Cc1ccc(Cl)c(Oc2ccc(S(N)(=O)=O)cc2[N+](=O)[O-])c1. The normalized spacial score (nSPS) is 11.2. The number of benzene rings is 2. The molecule has 22 heavy (non-hydrogen) atoms. The number of nitrogens with two attached hydrogens (primary N) is 1. The van der Waals surface area contributed by atoms with Crippen LogP contribution >= 0.6 is 11.6 Å². The first-order valence-electron chi connectivity index (χ1n) is 5.94. The Balaban J connectivity index is 2.51. The maximum Gasteiger partial charge on any atom is 0.312 e. The number of aryl methyl sites for hydroxylation is 1. The molecule has 0 radical (unpaired) electrons. The molecule has 0 atom stereocenters. The molecule has 0 saturated carbocycles. The van der Waals surface area contributed by atoms with Gasteiger partial charge in [-0.15, -0.1) is 0 Å². The number of rotatable bonds is 4. The highest BCUT2D eigenvalue weighted by atomic mass is 35.5. The minimum atomic E-state index is -4.05. The van der Waals surface area contributed by atoms with Gasteiger partial charge in [-0.1, -0.05) is 17.7 Å². The zero-order valence-electron chi connectivity index (χ0n) is 11.3. The molecule has 0 saturated heterocycles. The van der Waals surface area contributed by atoms with Crippen LogP contribution in [0.1, 0.15) is 5.56 Å². The van der Waals surface area contributed by atoms with Gasteiger partial charge in [-0.2, -0.15) is 0 Å². The molecular formula is C13H11ClN2O5S. The summed E-state index contributed by atoms with van der Waals surface area (Å²) in [5, 5.41) is 16.3. The van der Waals surface area contributed by atoms with Crippen LogP contribution in [-0.4, -0.2) is 13.3 Å². The smallest absolute Gasteiger partial charge is 0.312 e. The molecule has 0 aliphatic heterocycles. The van der Waals surface area contributed by atoms with Gasteiger partial charge in [0.15, 0.2) is 0 Å². The standard InChI is InChI=1S/C13H11ClN2O5S/c1-8-2-4-10(14)13(6-8)21-12-5-3-9(22(15,19)20)7-11(12)16(17)18/h2-7H,1H3,(H2,15,19,20). The molecule has 0 spiro atoms. The molecule has 2 aromatic rings. The topological polar surface area (TPSA) is 113 Å². The molecule has 2 rings (SSSR count). The molecule has 0 aromatic heterocycles. The zero-order chi connectivity index (χ0) is 16.5. The first kappa shape index (κ1) is 16.2. The zero-order valence-corrected chi connectivity index (χ0v) is 12.9. The summed E-state index contributed by atoms with van der Waals surface area (Å²) >= 11 is 5.97. The number of nitrogens with zero attached hydrogens (tertiary/aromatic N) is 1. The maximum atomic E-state index is 11.3. The summed E-state index contributed by atoms with van der Waals surface area (Å²) in [6.07, 6.45) is 0. The van der Waals surface area contributed by atoms with E-state index in [-0.39, 0.29) is 21.4 Å². The van der Waals surface area contributed by atoms with Crippen LogP contribution in [0.25, 0.3) is 0 Å². The van der Waals surface area contributed by atoms with Crippen molar-refractivity contribution in [1.29, 1.82) is 0 Å². The third-order valence-corrected chi connectivity index (χ3v) is 3.99. The van der Waals surface area contributed by atoms with E-state index in [0.29, 0.717) is 0 Å². The van der Waals surface area contributed by atoms with Crippen LogP contribution in [0.3, 0.4) is 0 Å². The summed E-state index contributed by atoms with van der Waals surface area (Å²) in [6, 6.07) is 8.09. The number of sulfonamides is 1. The number of hydrogen-bond donors (Lipinski definition) is 1. The van der Waals surface area contributed by atoms with Crippen LogP contribution in [0.4, 0.5) is 5.69 Å². The van der Waals surface area contributed by atoms with E-state index in [1.807, 2.05) is 6.92 Å². The molecule has 116 valence electrons.